The number of aliphatic hydroxyl groups is 1. The van der Waals surface area contributed by atoms with Gasteiger partial charge in [0, 0.05) is 6.42 Å². The van der Waals surface area contributed by atoms with Crippen LogP contribution in [0.2, 0.25) is 0 Å². The average Bonchev–Trinajstić information content (AvgIpc) is 2.46. The van der Waals surface area contributed by atoms with E-state index in [2.05, 4.69) is 20.8 Å². The summed E-state index contributed by atoms with van der Waals surface area (Å²) < 4.78 is 0. The maximum Gasteiger partial charge on any atom is 0.303 e. The molecule has 1 fully saturated rings. The summed E-state index contributed by atoms with van der Waals surface area (Å²) in [4.78, 5) is 10.2. The van der Waals surface area contributed by atoms with E-state index in [4.69, 9.17) is 5.11 Å². The lowest BCUT2D eigenvalue weighted by atomic mass is 9.75. The van der Waals surface area contributed by atoms with Gasteiger partial charge in [-0.15, -0.1) is 0 Å². The molecular formula is C19H30O4. The van der Waals surface area contributed by atoms with Gasteiger partial charge in [-0.2, -0.15) is 0 Å². The zero-order valence-corrected chi connectivity index (χ0v) is 14.4. The lowest BCUT2D eigenvalue weighted by Crippen LogP contribution is -2.31. The van der Waals surface area contributed by atoms with Crippen molar-refractivity contribution in [1.29, 1.82) is 0 Å². The fourth-order valence-electron chi connectivity index (χ4n) is 3.12. The van der Waals surface area contributed by atoms with E-state index >= 15 is 0 Å². The third-order valence-corrected chi connectivity index (χ3v) is 4.59. The van der Waals surface area contributed by atoms with Gasteiger partial charge in [-0.3, -0.25) is 4.79 Å². The molecule has 0 aromatic heterocycles. The Kier molecular flexibility index (Phi) is 8.10. The first-order chi connectivity index (χ1) is 10.8. The standard InChI is InChI=1S/C10H20O.C9H10O3/c1-7(2)9-5-4-8(3)6-10(9)11;10-8-4-2-1-3-7(8)5-6-9(11)12/h7-11H,4-6H2,1-3H3;1-4,10H,5-6H2,(H,11,12). The van der Waals surface area contributed by atoms with E-state index in [-0.39, 0.29) is 18.3 Å². The lowest BCUT2D eigenvalue weighted by Gasteiger charge is -2.33. The quantitative estimate of drug-likeness (QED) is 0.787. The number of carbonyl (C=O) groups is 1. The Morgan fingerprint density at radius 1 is 1.26 bits per heavy atom. The SMILES string of the molecule is CC1CCC(C(C)C)C(O)C1.O=C(O)CCc1ccccc1O. The highest BCUT2D eigenvalue weighted by Gasteiger charge is 2.28. The summed E-state index contributed by atoms with van der Waals surface area (Å²) in [7, 11) is 0. The van der Waals surface area contributed by atoms with E-state index in [9.17, 15) is 15.0 Å². The van der Waals surface area contributed by atoms with Gasteiger partial charge in [-0.05, 0) is 48.6 Å². The number of phenolic OH excluding ortho intramolecular Hbond substituents is 1. The van der Waals surface area contributed by atoms with Gasteiger partial charge in [0.05, 0.1) is 6.10 Å². The topological polar surface area (TPSA) is 77.8 Å². The summed E-state index contributed by atoms with van der Waals surface area (Å²) in [5.41, 5.74) is 0.680. The predicted octanol–water partition coefficient (Wildman–Crippen LogP) is 3.85. The molecule has 1 aromatic carbocycles. The highest BCUT2D eigenvalue weighted by Crippen LogP contribution is 2.33. The molecule has 3 atom stereocenters. The average molecular weight is 322 g/mol. The number of aryl methyl sites for hydroxylation is 1. The second kappa shape index (κ2) is 9.56. The molecule has 4 heteroatoms. The summed E-state index contributed by atoms with van der Waals surface area (Å²) in [5, 5.41) is 27.3. The van der Waals surface area contributed by atoms with Crippen LogP contribution in [0.3, 0.4) is 0 Å². The van der Waals surface area contributed by atoms with Crippen LogP contribution in [0.5, 0.6) is 5.75 Å². The number of aromatic hydroxyl groups is 1. The first-order valence-electron chi connectivity index (χ1n) is 8.48. The molecule has 3 N–H and O–H groups in total. The molecule has 0 radical (unpaired) electrons. The molecule has 0 heterocycles. The third-order valence-electron chi connectivity index (χ3n) is 4.59. The van der Waals surface area contributed by atoms with Crippen molar-refractivity contribution in [3.63, 3.8) is 0 Å². The summed E-state index contributed by atoms with van der Waals surface area (Å²) in [6.07, 6.45) is 3.95. The maximum atomic E-state index is 10.2. The van der Waals surface area contributed by atoms with Crippen molar-refractivity contribution in [2.45, 2.75) is 59.0 Å². The van der Waals surface area contributed by atoms with Gasteiger partial charge in [0.2, 0.25) is 0 Å². The van der Waals surface area contributed by atoms with Crippen LogP contribution >= 0.6 is 0 Å². The number of benzene rings is 1. The smallest absolute Gasteiger partial charge is 0.303 e. The van der Waals surface area contributed by atoms with Crippen molar-refractivity contribution in [3.05, 3.63) is 29.8 Å². The molecule has 1 aliphatic carbocycles. The number of hydrogen-bond acceptors (Lipinski definition) is 3. The number of rotatable bonds is 4. The van der Waals surface area contributed by atoms with Gasteiger partial charge in [-0.1, -0.05) is 45.4 Å². The Balaban J connectivity index is 0.000000231. The Morgan fingerprint density at radius 3 is 2.43 bits per heavy atom. The molecule has 4 nitrogen and oxygen atoms in total. The van der Waals surface area contributed by atoms with E-state index in [1.54, 1.807) is 24.3 Å². The number of carboxylic acids is 1. The summed E-state index contributed by atoms with van der Waals surface area (Å²) >= 11 is 0. The minimum atomic E-state index is -0.849. The molecule has 23 heavy (non-hydrogen) atoms. The van der Waals surface area contributed by atoms with E-state index in [1.807, 2.05) is 0 Å². The van der Waals surface area contributed by atoms with Gasteiger partial charge >= 0.3 is 5.97 Å². The second-order valence-corrected chi connectivity index (χ2v) is 6.92. The van der Waals surface area contributed by atoms with Crippen LogP contribution in [0.25, 0.3) is 0 Å². The molecule has 0 saturated heterocycles. The number of phenols is 1. The number of aliphatic hydroxyl groups excluding tert-OH is 1. The Bertz CT molecular complexity index is 484. The summed E-state index contributed by atoms with van der Waals surface area (Å²) in [6.45, 7) is 6.66. The number of carboxylic acid groups (broad SMARTS) is 1. The summed E-state index contributed by atoms with van der Waals surface area (Å²) in [6, 6.07) is 6.76. The van der Waals surface area contributed by atoms with Crippen molar-refractivity contribution < 1.29 is 20.1 Å². The molecule has 2 rings (SSSR count). The number of para-hydroxylation sites is 1. The Morgan fingerprint density at radius 2 is 1.91 bits per heavy atom. The predicted molar refractivity (Wildman–Crippen MR) is 91.4 cm³/mol. The minimum absolute atomic E-state index is 0.0289. The Labute approximate surface area is 139 Å². The van der Waals surface area contributed by atoms with Crippen LogP contribution in [0.15, 0.2) is 24.3 Å². The van der Waals surface area contributed by atoms with Gasteiger partial charge in [0.15, 0.2) is 0 Å². The summed E-state index contributed by atoms with van der Waals surface area (Å²) in [5.74, 6) is 1.26. The van der Waals surface area contributed by atoms with Crippen molar-refractivity contribution in [2.75, 3.05) is 0 Å². The molecule has 1 aliphatic rings. The fourth-order valence-corrected chi connectivity index (χ4v) is 3.12. The van der Waals surface area contributed by atoms with Crippen LogP contribution in [0.1, 0.15) is 52.0 Å². The third kappa shape index (κ3) is 7.04. The van der Waals surface area contributed by atoms with E-state index in [1.165, 1.54) is 12.8 Å². The van der Waals surface area contributed by atoms with E-state index in [0.29, 0.717) is 23.8 Å². The van der Waals surface area contributed by atoms with Gasteiger partial charge < -0.3 is 15.3 Å². The highest BCUT2D eigenvalue weighted by atomic mass is 16.4. The van der Waals surface area contributed by atoms with Gasteiger partial charge in [0.1, 0.15) is 5.75 Å². The van der Waals surface area contributed by atoms with Crippen LogP contribution in [0, 0.1) is 17.8 Å². The first kappa shape index (κ1) is 19.5. The molecule has 1 aromatic rings. The highest BCUT2D eigenvalue weighted by molar-refractivity contribution is 5.67. The van der Waals surface area contributed by atoms with Crippen LogP contribution < -0.4 is 0 Å². The molecule has 0 bridgehead atoms. The number of aliphatic carboxylic acids is 1. The zero-order valence-electron chi connectivity index (χ0n) is 14.4. The van der Waals surface area contributed by atoms with Crippen LogP contribution in [-0.4, -0.2) is 27.4 Å². The normalized spacial score (nSPS) is 24.0. The molecule has 130 valence electrons. The van der Waals surface area contributed by atoms with Crippen molar-refractivity contribution in [2.24, 2.45) is 17.8 Å². The lowest BCUT2D eigenvalue weighted by molar-refractivity contribution is -0.136. The van der Waals surface area contributed by atoms with E-state index in [0.717, 1.165) is 12.3 Å². The first-order valence-corrected chi connectivity index (χ1v) is 8.48. The zero-order chi connectivity index (χ0) is 17.4. The molecule has 1 saturated carbocycles. The Hall–Kier alpha value is -1.55. The molecular weight excluding hydrogens is 292 g/mol. The monoisotopic (exact) mass is 322 g/mol. The number of hydrogen-bond donors (Lipinski definition) is 3. The largest absolute Gasteiger partial charge is 0.508 e. The maximum absolute atomic E-state index is 10.2. The van der Waals surface area contributed by atoms with Crippen LogP contribution in [-0.2, 0) is 11.2 Å². The van der Waals surface area contributed by atoms with Crippen molar-refractivity contribution in [1.82, 2.24) is 0 Å². The van der Waals surface area contributed by atoms with E-state index < -0.39 is 5.97 Å². The van der Waals surface area contributed by atoms with Crippen molar-refractivity contribution >= 4 is 5.97 Å². The minimum Gasteiger partial charge on any atom is -0.508 e. The fraction of sp³-hybridized carbons (Fsp3) is 0.632. The molecule has 3 unspecified atom stereocenters. The second-order valence-electron chi connectivity index (χ2n) is 6.92. The van der Waals surface area contributed by atoms with Gasteiger partial charge in [0.25, 0.3) is 0 Å². The van der Waals surface area contributed by atoms with Gasteiger partial charge in [-0.25, -0.2) is 0 Å². The molecule has 0 aliphatic heterocycles. The molecule has 0 spiro atoms. The van der Waals surface area contributed by atoms with Crippen LogP contribution in [0.4, 0.5) is 0 Å². The molecule has 0 amide bonds. The van der Waals surface area contributed by atoms with Crippen molar-refractivity contribution in [3.8, 4) is 5.75 Å².